The molecule has 0 unspecified atom stereocenters. The van der Waals surface area contributed by atoms with Crippen molar-refractivity contribution in [2.75, 3.05) is 19.0 Å². The van der Waals surface area contributed by atoms with Crippen LogP contribution in [0.15, 0.2) is 48.5 Å². The second-order valence-corrected chi connectivity index (χ2v) is 6.42. The highest BCUT2D eigenvalue weighted by Crippen LogP contribution is 2.38. The average molecular weight is 340 g/mol. The van der Waals surface area contributed by atoms with Crippen LogP contribution in [0.2, 0.25) is 0 Å². The Morgan fingerprint density at radius 1 is 1.08 bits per heavy atom. The number of para-hydroxylation sites is 2. The van der Waals surface area contributed by atoms with E-state index in [9.17, 15) is 4.79 Å². The van der Waals surface area contributed by atoms with Crippen molar-refractivity contribution in [1.29, 1.82) is 0 Å². The number of rotatable bonds is 6. The van der Waals surface area contributed by atoms with Gasteiger partial charge >= 0.3 is 0 Å². The van der Waals surface area contributed by atoms with Gasteiger partial charge in [0.25, 0.3) is 0 Å². The van der Waals surface area contributed by atoms with Crippen molar-refractivity contribution >= 4 is 11.6 Å². The largest absolute Gasteiger partial charge is 0.493 e. The number of hydrogen-bond donors (Lipinski definition) is 2. The summed E-state index contributed by atoms with van der Waals surface area (Å²) in [6, 6.07) is 14.8. The van der Waals surface area contributed by atoms with E-state index in [2.05, 4.69) is 5.32 Å². The predicted octanol–water partition coefficient (Wildman–Crippen LogP) is 3.95. The standard InChI is InChI=1S/C20H24N2O3/c1-24-17-6-2-3-7-18(17)25-16-10-8-15(9-11-16)22-19(23)20(14-21)12-4-5-13-20/h2-3,6-11H,4-5,12-14,21H2,1H3,(H,22,23). The first-order chi connectivity index (χ1) is 12.2. The molecular weight excluding hydrogens is 316 g/mol. The molecule has 0 bridgehead atoms. The Morgan fingerprint density at radius 3 is 2.32 bits per heavy atom. The highest BCUT2D eigenvalue weighted by atomic mass is 16.5. The van der Waals surface area contributed by atoms with Gasteiger partial charge < -0.3 is 20.5 Å². The first-order valence-corrected chi connectivity index (χ1v) is 8.59. The number of carbonyl (C=O) groups excluding carboxylic acids is 1. The van der Waals surface area contributed by atoms with Crippen LogP contribution in [0.4, 0.5) is 5.69 Å². The van der Waals surface area contributed by atoms with Crippen LogP contribution in [-0.4, -0.2) is 19.6 Å². The molecule has 1 aliphatic carbocycles. The summed E-state index contributed by atoms with van der Waals surface area (Å²) in [6.45, 7) is 0.397. The van der Waals surface area contributed by atoms with E-state index in [1.807, 2.05) is 48.5 Å². The van der Waals surface area contributed by atoms with Gasteiger partial charge in [0, 0.05) is 12.2 Å². The Bertz CT molecular complexity index is 722. The zero-order valence-corrected chi connectivity index (χ0v) is 14.5. The molecule has 0 aliphatic heterocycles. The molecule has 3 N–H and O–H groups in total. The van der Waals surface area contributed by atoms with Gasteiger partial charge in [-0.3, -0.25) is 4.79 Å². The lowest BCUT2D eigenvalue weighted by molar-refractivity contribution is -0.124. The number of amides is 1. The first-order valence-electron chi connectivity index (χ1n) is 8.59. The normalized spacial score (nSPS) is 15.6. The van der Waals surface area contributed by atoms with Crippen LogP contribution in [0.5, 0.6) is 17.2 Å². The van der Waals surface area contributed by atoms with Crippen LogP contribution >= 0.6 is 0 Å². The molecule has 0 radical (unpaired) electrons. The molecule has 1 fully saturated rings. The van der Waals surface area contributed by atoms with Gasteiger partial charge in [0.2, 0.25) is 5.91 Å². The molecule has 2 aromatic rings. The van der Waals surface area contributed by atoms with E-state index in [1.165, 1.54) is 0 Å². The molecule has 0 saturated heterocycles. The molecule has 0 atom stereocenters. The van der Waals surface area contributed by atoms with Gasteiger partial charge in [-0.25, -0.2) is 0 Å². The molecule has 25 heavy (non-hydrogen) atoms. The summed E-state index contributed by atoms with van der Waals surface area (Å²) in [5, 5.41) is 2.99. The molecule has 2 aromatic carbocycles. The summed E-state index contributed by atoms with van der Waals surface area (Å²) in [7, 11) is 1.61. The van der Waals surface area contributed by atoms with Crippen LogP contribution in [0.3, 0.4) is 0 Å². The van der Waals surface area contributed by atoms with E-state index in [0.29, 0.717) is 23.8 Å². The van der Waals surface area contributed by atoms with Crippen molar-refractivity contribution in [3.8, 4) is 17.2 Å². The number of nitrogens with two attached hydrogens (primary N) is 1. The van der Waals surface area contributed by atoms with Gasteiger partial charge in [-0.1, -0.05) is 25.0 Å². The number of hydrogen-bond acceptors (Lipinski definition) is 4. The third-order valence-corrected chi connectivity index (χ3v) is 4.84. The Kier molecular flexibility index (Phi) is 5.24. The Hall–Kier alpha value is -2.53. The van der Waals surface area contributed by atoms with Crippen molar-refractivity contribution in [2.24, 2.45) is 11.1 Å². The molecule has 5 heteroatoms. The van der Waals surface area contributed by atoms with E-state index < -0.39 is 5.41 Å². The van der Waals surface area contributed by atoms with Crippen molar-refractivity contribution in [2.45, 2.75) is 25.7 Å². The lowest BCUT2D eigenvalue weighted by atomic mass is 9.85. The number of ether oxygens (including phenoxy) is 2. The van der Waals surface area contributed by atoms with Crippen molar-refractivity contribution < 1.29 is 14.3 Å². The van der Waals surface area contributed by atoms with Gasteiger partial charge in [-0.2, -0.15) is 0 Å². The molecule has 5 nitrogen and oxygen atoms in total. The minimum atomic E-state index is -0.410. The van der Waals surface area contributed by atoms with Gasteiger partial charge in [0.1, 0.15) is 5.75 Å². The van der Waals surface area contributed by atoms with Gasteiger partial charge in [-0.05, 0) is 49.2 Å². The summed E-state index contributed by atoms with van der Waals surface area (Å²) >= 11 is 0. The van der Waals surface area contributed by atoms with E-state index in [-0.39, 0.29) is 5.91 Å². The Morgan fingerprint density at radius 2 is 1.72 bits per heavy atom. The molecule has 0 heterocycles. The lowest BCUT2D eigenvalue weighted by Crippen LogP contribution is -2.40. The van der Waals surface area contributed by atoms with E-state index in [1.54, 1.807) is 7.11 Å². The summed E-state index contributed by atoms with van der Waals surface area (Å²) in [6.07, 6.45) is 3.86. The monoisotopic (exact) mass is 340 g/mol. The van der Waals surface area contributed by atoms with E-state index in [4.69, 9.17) is 15.2 Å². The summed E-state index contributed by atoms with van der Waals surface area (Å²) in [5.74, 6) is 2.02. The number of methoxy groups -OCH3 is 1. The summed E-state index contributed by atoms with van der Waals surface area (Å²) < 4.78 is 11.1. The van der Waals surface area contributed by atoms with Gasteiger partial charge in [-0.15, -0.1) is 0 Å². The maximum absolute atomic E-state index is 12.6. The van der Waals surface area contributed by atoms with Gasteiger partial charge in [0.15, 0.2) is 11.5 Å². The van der Waals surface area contributed by atoms with Crippen LogP contribution in [0, 0.1) is 5.41 Å². The van der Waals surface area contributed by atoms with Crippen LogP contribution in [0.1, 0.15) is 25.7 Å². The second kappa shape index (κ2) is 7.57. The maximum Gasteiger partial charge on any atom is 0.231 e. The molecule has 0 spiro atoms. The third-order valence-electron chi connectivity index (χ3n) is 4.84. The molecule has 3 rings (SSSR count). The summed E-state index contributed by atoms with van der Waals surface area (Å²) in [4.78, 5) is 12.6. The second-order valence-electron chi connectivity index (χ2n) is 6.42. The van der Waals surface area contributed by atoms with Crippen molar-refractivity contribution in [3.63, 3.8) is 0 Å². The number of benzene rings is 2. The molecule has 1 saturated carbocycles. The highest BCUT2D eigenvalue weighted by molar-refractivity contribution is 5.95. The molecule has 1 amide bonds. The van der Waals surface area contributed by atoms with Crippen molar-refractivity contribution in [1.82, 2.24) is 0 Å². The quantitative estimate of drug-likeness (QED) is 0.835. The Balaban J connectivity index is 1.67. The fourth-order valence-electron chi connectivity index (χ4n) is 3.28. The smallest absolute Gasteiger partial charge is 0.231 e. The number of carbonyl (C=O) groups is 1. The topological polar surface area (TPSA) is 73.6 Å². The average Bonchev–Trinajstić information content (AvgIpc) is 3.14. The lowest BCUT2D eigenvalue weighted by Gasteiger charge is -2.25. The fraction of sp³-hybridized carbons (Fsp3) is 0.350. The third kappa shape index (κ3) is 3.77. The SMILES string of the molecule is COc1ccccc1Oc1ccc(NC(=O)C2(CN)CCCC2)cc1. The van der Waals surface area contributed by atoms with E-state index in [0.717, 1.165) is 31.4 Å². The van der Waals surface area contributed by atoms with E-state index >= 15 is 0 Å². The highest BCUT2D eigenvalue weighted by Gasteiger charge is 2.39. The number of nitrogens with one attached hydrogen (secondary N) is 1. The molecule has 132 valence electrons. The minimum absolute atomic E-state index is 0.0193. The summed E-state index contributed by atoms with van der Waals surface area (Å²) in [5.41, 5.74) is 6.21. The molecule has 0 aromatic heterocycles. The molecular formula is C20H24N2O3. The van der Waals surface area contributed by atoms with Crippen molar-refractivity contribution in [3.05, 3.63) is 48.5 Å². The Labute approximate surface area is 148 Å². The van der Waals surface area contributed by atoms with Crippen LogP contribution in [0.25, 0.3) is 0 Å². The van der Waals surface area contributed by atoms with Gasteiger partial charge in [0.05, 0.1) is 12.5 Å². The molecule has 1 aliphatic rings. The number of anilines is 1. The first kappa shape index (κ1) is 17.3. The van der Waals surface area contributed by atoms with Crippen LogP contribution < -0.4 is 20.5 Å². The zero-order chi connectivity index (χ0) is 17.7. The van der Waals surface area contributed by atoms with Crippen LogP contribution in [-0.2, 0) is 4.79 Å². The maximum atomic E-state index is 12.6. The minimum Gasteiger partial charge on any atom is -0.493 e. The fourth-order valence-corrected chi connectivity index (χ4v) is 3.28. The predicted molar refractivity (Wildman–Crippen MR) is 98.1 cm³/mol. The zero-order valence-electron chi connectivity index (χ0n) is 14.5.